The van der Waals surface area contributed by atoms with E-state index in [-0.39, 0.29) is 17.2 Å². The van der Waals surface area contributed by atoms with Crippen LogP contribution in [0.1, 0.15) is 41.6 Å². The van der Waals surface area contributed by atoms with Crippen LogP contribution >= 0.6 is 0 Å². The number of hydrogen-bond acceptors (Lipinski definition) is 5. The van der Waals surface area contributed by atoms with Gasteiger partial charge in [-0.05, 0) is 56.2 Å². The Balaban J connectivity index is 1.65. The number of allylic oxidation sites excluding steroid dienone is 1. The Morgan fingerprint density at radius 1 is 1.35 bits per heavy atom. The van der Waals surface area contributed by atoms with Crippen molar-refractivity contribution in [1.82, 2.24) is 5.32 Å². The van der Waals surface area contributed by atoms with E-state index in [1.807, 2.05) is 0 Å². The first-order valence-corrected chi connectivity index (χ1v) is 8.88. The molecule has 1 fully saturated rings. The Bertz CT molecular complexity index is 726. The Morgan fingerprint density at radius 3 is 2.73 bits per heavy atom. The van der Waals surface area contributed by atoms with Crippen molar-refractivity contribution in [3.05, 3.63) is 41.0 Å². The number of amides is 1. The molecule has 1 amide bonds. The van der Waals surface area contributed by atoms with Gasteiger partial charge in [-0.15, -0.1) is 0 Å². The molecule has 0 aromatic heterocycles. The van der Waals surface area contributed by atoms with E-state index in [0.717, 1.165) is 31.3 Å². The van der Waals surface area contributed by atoms with Crippen molar-refractivity contribution in [2.75, 3.05) is 6.54 Å². The molecule has 1 aliphatic carbocycles. The first-order valence-electron chi connectivity index (χ1n) is 8.88. The Labute approximate surface area is 152 Å². The van der Waals surface area contributed by atoms with E-state index in [0.29, 0.717) is 24.4 Å². The van der Waals surface area contributed by atoms with Gasteiger partial charge in [-0.1, -0.05) is 17.7 Å². The van der Waals surface area contributed by atoms with Crippen molar-refractivity contribution in [2.45, 2.75) is 38.0 Å². The quantitative estimate of drug-likeness (QED) is 0.469. The summed E-state index contributed by atoms with van der Waals surface area (Å²) in [6.45, 7) is 0.683. The smallest absolute Gasteiger partial charge is 0.534 e. The fourth-order valence-electron chi connectivity index (χ4n) is 3.55. The minimum atomic E-state index is -1.29. The van der Waals surface area contributed by atoms with E-state index in [1.54, 1.807) is 18.2 Å². The molecular formula is C18H23BN2O5. The third kappa shape index (κ3) is 4.08. The number of carboxylic acid groups (broad SMARTS) is 1. The van der Waals surface area contributed by atoms with Crippen molar-refractivity contribution >= 4 is 19.0 Å². The molecule has 26 heavy (non-hydrogen) atoms. The van der Waals surface area contributed by atoms with Crippen molar-refractivity contribution < 1.29 is 24.4 Å². The van der Waals surface area contributed by atoms with Crippen LogP contribution in [0, 0.1) is 5.92 Å². The molecule has 5 N–H and O–H groups in total. The van der Waals surface area contributed by atoms with Gasteiger partial charge in [0.25, 0.3) is 0 Å². The topological polar surface area (TPSA) is 122 Å². The predicted molar refractivity (Wildman–Crippen MR) is 96.7 cm³/mol. The second kappa shape index (κ2) is 7.93. The molecule has 0 radical (unpaired) electrons. The fraction of sp³-hybridized carbons (Fsp3) is 0.444. The number of rotatable bonds is 4. The Morgan fingerprint density at radius 2 is 2.08 bits per heavy atom. The molecule has 1 aromatic rings. The van der Waals surface area contributed by atoms with Gasteiger partial charge in [-0.3, -0.25) is 4.79 Å². The number of carbonyl (C=O) groups is 2. The summed E-state index contributed by atoms with van der Waals surface area (Å²) >= 11 is 0. The van der Waals surface area contributed by atoms with Crippen molar-refractivity contribution in [3.63, 3.8) is 0 Å². The summed E-state index contributed by atoms with van der Waals surface area (Å²) in [5.74, 6) is -1.32. The number of nitrogens with one attached hydrogen (secondary N) is 1. The normalized spacial score (nSPS) is 22.2. The highest BCUT2D eigenvalue weighted by atomic mass is 16.5. The maximum Gasteiger partial charge on any atom is 0.547 e. The van der Waals surface area contributed by atoms with Gasteiger partial charge in [0, 0.05) is 6.08 Å². The van der Waals surface area contributed by atoms with Crippen LogP contribution in [0.25, 0.3) is 0 Å². The largest absolute Gasteiger partial charge is 0.547 e. The molecule has 2 aliphatic rings. The summed E-state index contributed by atoms with van der Waals surface area (Å²) in [6.07, 6.45) is 5.63. The van der Waals surface area contributed by atoms with Crippen LogP contribution < -0.4 is 15.7 Å². The minimum Gasteiger partial charge on any atom is -0.534 e. The standard InChI is InChI=1S/C18H23BN2O5/c20-10-12-6-4-11(5-7-12)8-16(22)21-15-9-13-2-1-3-14(18(23)24)17(13)26-19(15)25/h1-3,8,12,15,25H,4-7,9-10,20H2,(H,21,22)(H,23,24)/t12?,15-/m0/s1. The van der Waals surface area contributed by atoms with Crippen LogP contribution in [-0.2, 0) is 11.2 Å². The molecule has 1 saturated carbocycles. The predicted octanol–water partition coefficient (Wildman–Crippen LogP) is 0.899. The van der Waals surface area contributed by atoms with E-state index < -0.39 is 19.0 Å². The second-order valence-corrected chi connectivity index (χ2v) is 6.91. The SMILES string of the molecule is NCC1CCC(=CC(=O)N[C@H]2Cc3cccc(C(=O)O)c3OB2O)CC1. The summed E-state index contributed by atoms with van der Waals surface area (Å²) in [7, 11) is -1.29. The highest BCUT2D eigenvalue weighted by Gasteiger charge is 2.37. The molecule has 1 aliphatic heterocycles. The molecule has 0 bridgehead atoms. The van der Waals surface area contributed by atoms with E-state index >= 15 is 0 Å². The first kappa shape index (κ1) is 18.5. The lowest BCUT2D eigenvalue weighted by atomic mass is 9.72. The van der Waals surface area contributed by atoms with E-state index in [4.69, 9.17) is 10.4 Å². The second-order valence-electron chi connectivity index (χ2n) is 6.91. The average molecular weight is 358 g/mol. The van der Waals surface area contributed by atoms with Gasteiger partial charge in [-0.25, -0.2) is 4.79 Å². The molecule has 0 saturated heterocycles. The molecule has 8 heteroatoms. The third-order valence-corrected chi connectivity index (χ3v) is 5.09. The van der Waals surface area contributed by atoms with Crippen LogP contribution in [0.15, 0.2) is 29.8 Å². The molecule has 1 heterocycles. The summed E-state index contributed by atoms with van der Waals surface area (Å²) in [6, 6.07) is 4.79. The van der Waals surface area contributed by atoms with Gasteiger partial charge in [0.1, 0.15) is 5.75 Å². The van der Waals surface area contributed by atoms with E-state index in [2.05, 4.69) is 5.32 Å². The van der Waals surface area contributed by atoms with Gasteiger partial charge in [-0.2, -0.15) is 0 Å². The number of carbonyl (C=O) groups excluding carboxylic acids is 1. The average Bonchev–Trinajstić information content (AvgIpc) is 2.62. The molecule has 0 unspecified atom stereocenters. The maximum absolute atomic E-state index is 12.3. The molecule has 1 atom stereocenters. The number of nitrogens with two attached hydrogens (primary N) is 1. The number of para-hydroxylation sites is 1. The van der Waals surface area contributed by atoms with Crippen LogP contribution in [0.4, 0.5) is 0 Å². The van der Waals surface area contributed by atoms with Crippen molar-refractivity contribution in [1.29, 1.82) is 0 Å². The van der Waals surface area contributed by atoms with E-state index in [1.165, 1.54) is 6.07 Å². The third-order valence-electron chi connectivity index (χ3n) is 5.09. The Hall–Kier alpha value is -2.32. The lowest BCUT2D eigenvalue weighted by Crippen LogP contribution is -2.53. The van der Waals surface area contributed by atoms with Gasteiger partial charge in [0.15, 0.2) is 0 Å². The summed E-state index contributed by atoms with van der Waals surface area (Å²) in [4.78, 5) is 23.5. The zero-order valence-electron chi connectivity index (χ0n) is 14.5. The molecular weight excluding hydrogens is 335 g/mol. The zero-order valence-corrected chi connectivity index (χ0v) is 14.5. The number of benzene rings is 1. The van der Waals surface area contributed by atoms with Gasteiger partial charge < -0.3 is 25.8 Å². The van der Waals surface area contributed by atoms with Crippen LogP contribution in [0.3, 0.4) is 0 Å². The van der Waals surface area contributed by atoms with Crippen LogP contribution in [0.5, 0.6) is 5.75 Å². The van der Waals surface area contributed by atoms with Crippen molar-refractivity contribution in [2.24, 2.45) is 11.7 Å². The summed E-state index contributed by atoms with van der Waals surface area (Å²) in [5, 5.41) is 22.2. The lowest BCUT2D eigenvalue weighted by Gasteiger charge is -2.28. The van der Waals surface area contributed by atoms with Crippen LogP contribution in [-0.4, -0.2) is 41.6 Å². The van der Waals surface area contributed by atoms with Crippen molar-refractivity contribution in [3.8, 4) is 5.75 Å². The number of carboxylic acids is 1. The number of hydrogen-bond donors (Lipinski definition) is 4. The molecule has 7 nitrogen and oxygen atoms in total. The fourth-order valence-corrected chi connectivity index (χ4v) is 3.55. The van der Waals surface area contributed by atoms with Gasteiger partial charge in [0.2, 0.25) is 5.91 Å². The number of fused-ring (bicyclic) bond motifs is 1. The summed E-state index contributed by atoms with van der Waals surface area (Å²) < 4.78 is 5.38. The zero-order chi connectivity index (χ0) is 18.7. The molecule has 138 valence electrons. The van der Waals surface area contributed by atoms with Crippen LogP contribution in [0.2, 0.25) is 0 Å². The van der Waals surface area contributed by atoms with E-state index in [9.17, 15) is 19.7 Å². The Kier molecular flexibility index (Phi) is 5.63. The van der Waals surface area contributed by atoms with Gasteiger partial charge >= 0.3 is 13.1 Å². The first-order chi connectivity index (χ1) is 12.5. The maximum atomic E-state index is 12.3. The molecule has 1 aromatic carbocycles. The minimum absolute atomic E-state index is 0.00473. The highest BCUT2D eigenvalue weighted by Crippen LogP contribution is 2.30. The summed E-state index contributed by atoms with van der Waals surface area (Å²) in [5.41, 5.74) is 7.42. The lowest BCUT2D eigenvalue weighted by molar-refractivity contribution is -0.117. The number of aromatic carboxylic acids is 1. The highest BCUT2D eigenvalue weighted by molar-refractivity contribution is 6.47. The molecule has 3 rings (SSSR count). The monoisotopic (exact) mass is 358 g/mol. The van der Waals surface area contributed by atoms with Gasteiger partial charge in [0.05, 0.1) is 11.5 Å². The molecule has 0 spiro atoms.